The van der Waals surface area contributed by atoms with Crippen LogP contribution >= 0.6 is 11.8 Å². The van der Waals surface area contributed by atoms with Crippen LogP contribution in [0.1, 0.15) is 26.3 Å². The second-order valence-corrected chi connectivity index (χ2v) is 6.82. The number of pyridine rings is 1. The molecule has 3 N–H and O–H groups in total. The van der Waals surface area contributed by atoms with Crippen LogP contribution in [0, 0.1) is 5.92 Å². The molecule has 0 radical (unpaired) electrons. The zero-order valence-corrected chi connectivity index (χ0v) is 13.8. The van der Waals surface area contributed by atoms with Crippen molar-refractivity contribution >= 4 is 28.5 Å². The third-order valence-electron chi connectivity index (χ3n) is 3.68. The molecule has 0 aliphatic carbocycles. The summed E-state index contributed by atoms with van der Waals surface area (Å²) >= 11 is 1.92. The van der Waals surface area contributed by atoms with Gasteiger partial charge in [-0.25, -0.2) is 10.8 Å². The standard InChI is InChI=1S/C16H23N3OS/c1-10(2)11(3)21-9-13-7-12-5-6-14(20-4)8-15(12)18-16(13)19-17/h5-8,10-11H,9,17H2,1-4H3,(H,18,19). The Morgan fingerprint density at radius 3 is 2.67 bits per heavy atom. The van der Waals surface area contributed by atoms with E-state index in [4.69, 9.17) is 10.6 Å². The molecule has 2 rings (SSSR count). The third kappa shape index (κ3) is 3.80. The summed E-state index contributed by atoms with van der Waals surface area (Å²) < 4.78 is 5.24. The molecule has 0 saturated carbocycles. The Morgan fingerprint density at radius 1 is 1.29 bits per heavy atom. The molecule has 1 aromatic carbocycles. The van der Waals surface area contributed by atoms with Crippen LogP contribution < -0.4 is 16.0 Å². The smallest absolute Gasteiger partial charge is 0.144 e. The first-order chi connectivity index (χ1) is 10.0. The normalized spacial score (nSPS) is 12.7. The molecule has 5 heteroatoms. The average Bonchev–Trinajstić information content (AvgIpc) is 2.50. The van der Waals surface area contributed by atoms with Crippen molar-refractivity contribution in [2.24, 2.45) is 11.8 Å². The molecule has 21 heavy (non-hydrogen) atoms. The van der Waals surface area contributed by atoms with Gasteiger partial charge in [-0.15, -0.1) is 0 Å². The lowest BCUT2D eigenvalue weighted by Gasteiger charge is -2.16. The van der Waals surface area contributed by atoms with Gasteiger partial charge in [-0.2, -0.15) is 11.8 Å². The first-order valence-corrected chi connectivity index (χ1v) is 8.16. The van der Waals surface area contributed by atoms with Crippen LogP contribution in [0.5, 0.6) is 5.75 Å². The quantitative estimate of drug-likeness (QED) is 0.628. The van der Waals surface area contributed by atoms with E-state index in [1.165, 1.54) is 0 Å². The van der Waals surface area contributed by atoms with Gasteiger partial charge in [-0.3, -0.25) is 0 Å². The second kappa shape index (κ2) is 7.00. The van der Waals surface area contributed by atoms with Crippen LogP contribution in [-0.2, 0) is 5.75 Å². The van der Waals surface area contributed by atoms with Gasteiger partial charge in [0.05, 0.1) is 12.6 Å². The Balaban J connectivity index is 2.30. The van der Waals surface area contributed by atoms with Gasteiger partial charge >= 0.3 is 0 Å². The number of ether oxygens (including phenoxy) is 1. The minimum atomic E-state index is 0.599. The van der Waals surface area contributed by atoms with Crippen LogP contribution in [0.3, 0.4) is 0 Å². The van der Waals surface area contributed by atoms with Crippen molar-refractivity contribution in [3.8, 4) is 5.75 Å². The molecule has 1 heterocycles. The molecule has 0 amide bonds. The highest BCUT2D eigenvalue weighted by molar-refractivity contribution is 7.99. The van der Waals surface area contributed by atoms with Crippen molar-refractivity contribution in [3.63, 3.8) is 0 Å². The third-order valence-corrected chi connectivity index (χ3v) is 5.23. The van der Waals surface area contributed by atoms with E-state index >= 15 is 0 Å². The summed E-state index contributed by atoms with van der Waals surface area (Å²) in [4.78, 5) is 4.60. The first kappa shape index (κ1) is 15.9. The summed E-state index contributed by atoms with van der Waals surface area (Å²) in [5.41, 5.74) is 4.73. The molecule has 1 unspecified atom stereocenters. The highest BCUT2D eigenvalue weighted by atomic mass is 32.2. The lowest BCUT2D eigenvalue weighted by Crippen LogP contribution is -2.12. The number of fused-ring (bicyclic) bond motifs is 1. The fourth-order valence-electron chi connectivity index (χ4n) is 1.97. The number of nitrogens with zero attached hydrogens (tertiary/aromatic N) is 1. The fraction of sp³-hybridized carbons (Fsp3) is 0.438. The monoisotopic (exact) mass is 305 g/mol. The van der Waals surface area contributed by atoms with E-state index in [0.717, 1.165) is 33.8 Å². The number of methoxy groups -OCH3 is 1. The van der Waals surface area contributed by atoms with Crippen LogP contribution in [0.15, 0.2) is 24.3 Å². The second-order valence-electron chi connectivity index (χ2n) is 5.46. The number of hydrazine groups is 1. The number of hydrogen-bond acceptors (Lipinski definition) is 5. The molecule has 0 fully saturated rings. The predicted octanol–water partition coefficient (Wildman–Crippen LogP) is 3.81. The maximum atomic E-state index is 5.63. The SMILES string of the molecule is COc1ccc2cc(CSC(C)C(C)C)c(NN)nc2c1. The Bertz CT molecular complexity index is 616. The van der Waals surface area contributed by atoms with Gasteiger partial charge in [0.2, 0.25) is 0 Å². The molecule has 0 saturated heterocycles. The van der Waals surface area contributed by atoms with Crippen molar-refractivity contribution < 1.29 is 4.74 Å². The van der Waals surface area contributed by atoms with Gasteiger partial charge in [0.1, 0.15) is 11.6 Å². The predicted molar refractivity (Wildman–Crippen MR) is 91.7 cm³/mol. The summed E-state index contributed by atoms with van der Waals surface area (Å²) in [7, 11) is 1.65. The zero-order valence-electron chi connectivity index (χ0n) is 13.0. The van der Waals surface area contributed by atoms with Gasteiger partial charge < -0.3 is 10.2 Å². The van der Waals surface area contributed by atoms with Crippen molar-refractivity contribution in [2.75, 3.05) is 12.5 Å². The van der Waals surface area contributed by atoms with Crippen LogP contribution in [0.4, 0.5) is 5.82 Å². The number of nitrogen functional groups attached to an aromatic ring is 1. The van der Waals surface area contributed by atoms with Crippen molar-refractivity contribution in [1.82, 2.24) is 4.98 Å². The van der Waals surface area contributed by atoms with E-state index in [2.05, 4.69) is 37.2 Å². The van der Waals surface area contributed by atoms with Crippen LogP contribution in [0.2, 0.25) is 0 Å². The molecule has 0 spiro atoms. The summed E-state index contributed by atoms with van der Waals surface area (Å²) in [5, 5.41) is 1.70. The highest BCUT2D eigenvalue weighted by Crippen LogP contribution is 2.29. The molecule has 0 aliphatic rings. The number of rotatable bonds is 6. The minimum Gasteiger partial charge on any atom is -0.497 e. The molecular weight excluding hydrogens is 282 g/mol. The van der Waals surface area contributed by atoms with Gasteiger partial charge in [-0.05, 0) is 24.1 Å². The van der Waals surface area contributed by atoms with Crippen molar-refractivity contribution in [2.45, 2.75) is 31.8 Å². The molecule has 114 valence electrons. The Labute approximate surface area is 130 Å². The van der Waals surface area contributed by atoms with E-state index in [0.29, 0.717) is 11.2 Å². The Kier molecular flexibility index (Phi) is 5.31. The summed E-state index contributed by atoms with van der Waals surface area (Å²) in [6.07, 6.45) is 0. The van der Waals surface area contributed by atoms with Crippen molar-refractivity contribution in [3.05, 3.63) is 29.8 Å². The van der Waals surface area contributed by atoms with E-state index in [-0.39, 0.29) is 0 Å². The first-order valence-electron chi connectivity index (χ1n) is 7.11. The van der Waals surface area contributed by atoms with Crippen LogP contribution in [-0.4, -0.2) is 17.3 Å². The average molecular weight is 305 g/mol. The van der Waals surface area contributed by atoms with Crippen LogP contribution in [0.25, 0.3) is 10.9 Å². The number of hydrogen-bond donors (Lipinski definition) is 2. The molecular formula is C16H23N3OS. The number of benzene rings is 1. The van der Waals surface area contributed by atoms with Gasteiger partial charge in [-0.1, -0.05) is 20.8 Å². The minimum absolute atomic E-state index is 0.599. The summed E-state index contributed by atoms with van der Waals surface area (Å²) in [6.45, 7) is 6.74. The van der Waals surface area contributed by atoms with Gasteiger partial charge in [0, 0.05) is 28.0 Å². The lowest BCUT2D eigenvalue weighted by atomic mass is 10.1. The number of nitrogens with one attached hydrogen (secondary N) is 1. The summed E-state index contributed by atoms with van der Waals surface area (Å²) in [5.74, 6) is 8.71. The lowest BCUT2D eigenvalue weighted by molar-refractivity contribution is 0.415. The van der Waals surface area contributed by atoms with E-state index in [9.17, 15) is 0 Å². The topological polar surface area (TPSA) is 60.2 Å². The number of aromatic nitrogens is 1. The van der Waals surface area contributed by atoms with E-state index < -0.39 is 0 Å². The highest BCUT2D eigenvalue weighted by Gasteiger charge is 2.11. The maximum absolute atomic E-state index is 5.63. The number of thioether (sulfide) groups is 1. The van der Waals surface area contributed by atoms with E-state index in [1.807, 2.05) is 30.0 Å². The number of anilines is 1. The van der Waals surface area contributed by atoms with Gasteiger partial charge in [0.15, 0.2) is 0 Å². The number of nitrogens with two attached hydrogens (primary N) is 1. The Morgan fingerprint density at radius 2 is 2.05 bits per heavy atom. The van der Waals surface area contributed by atoms with Gasteiger partial charge in [0.25, 0.3) is 0 Å². The molecule has 4 nitrogen and oxygen atoms in total. The molecule has 0 bridgehead atoms. The largest absolute Gasteiger partial charge is 0.497 e. The Hall–Kier alpha value is -1.46. The molecule has 0 aliphatic heterocycles. The molecule has 1 atom stereocenters. The molecule has 1 aromatic heterocycles. The molecule has 2 aromatic rings. The maximum Gasteiger partial charge on any atom is 0.144 e. The van der Waals surface area contributed by atoms with E-state index in [1.54, 1.807) is 7.11 Å². The van der Waals surface area contributed by atoms with Crippen molar-refractivity contribution in [1.29, 1.82) is 0 Å². The zero-order chi connectivity index (χ0) is 15.4. The summed E-state index contributed by atoms with van der Waals surface area (Å²) in [6, 6.07) is 8.05. The fourth-order valence-corrected chi connectivity index (χ4v) is 3.01.